The first-order valence-electron chi connectivity index (χ1n) is 6.84. The lowest BCUT2D eigenvalue weighted by molar-refractivity contribution is -0.114. The third-order valence-electron chi connectivity index (χ3n) is 3.42. The number of allylic oxidation sites excluding steroid dienone is 3. The number of carbonyl (C=O) groups excluding carboxylic acids is 1. The van der Waals surface area contributed by atoms with Gasteiger partial charge in [-0.1, -0.05) is 24.2 Å². The third kappa shape index (κ3) is 4.37. The molecule has 0 saturated heterocycles. The number of Topliss-reactive ketones (excluding diaryl/α,β-unsaturated/α-hetero) is 1. The average molecular weight is 276 g/mol. The predicted molar refractivity (Wildman–Crippen MR) is 80.1 cm³/mol. The molecule has 0 bridgehead atoms. The summed E-state index contributed by atoms with van der Waals surface area (Å²) in [4.78, 5) is 13.2. The molecule has 1 heterocycles. The summed E-state index contributed by atoms with van der Waals surface area (Å²) in [6, 6.07) is 1.81. The Balaban J connectivity index is 0.000000276. The molecule has 2 rings (SSSR count). The standard InChI is InChI=1S/C12H19NO.C4H5NO/c1-6-10-8(2)11(10)7-12(9(3)14)13(4)5;1-4-2-3-6-5-4/h7,10-11H,2,6H2,1,3-5H3;2-3H,1H3/b12-7-;. The predicted octanol–water partition coefficient (Wildman–Crippen LogP) is 3.22. The van der Waals surface area contributed by atoms with E-state index in [9.17, 15) is 4.79 Å². The van der Waals surface area contributed by atoms with Crippen LogP contribution in [0.5, 0.6) is 0 Å². The van der Waals surface area contributed by atoms with Gasteiger partial charge >= 0.3 is 0 Å². The van der Waals surface area contributed by atoms with Crippen LogP contribution in [0.1, 0.15) is 26.0 Å². The highest BCUT2D eigenvalue weighted by Gasteiger charge is 2.39. The first kappa shape index (κ1) is 16.2. The zero-order chi connectivity index (χ0) is 15.3. The Morgan fingerprint density at radius 1 is 1.55 bits per heavy atom. The first-order valence-corrected chi connectivity index (χ1v) is 6.84. The van der Waals surface area contributed by atoms with Gasteiger partial charge in [-0.05, 0) is 25.3 Å². The van der Waals surface area contributed by atoms with E-state index in [1.165, 1.54) is 5.57 Å². The quantitative estimate of drug-likeness (QED) is 0.626. The van der Waals surface area contributed by atoms with Crippen LogP contribution in [0.25, 0.3) is 0 Å². The molecule has 0 amide bonds. The van der Waals surface area contributed by atoms with Crippen molar-refractivity contribution in [3.8, 4) is 0 Å². The molecule has 4 heteroatoms. The molecule has 1 saturated carbocycles. The Hall–Kier alpha value is -1.84. The van der Waals surface area contributed by atoms with E-state index in [1.54, 1.807) is 19.3 Å². The maximum atomic E-state index is 11.3. The van der Waals surface area contributed by atoms with Crippen molar-refractivity contribution in [3.63, 3.8) is 0 Å². The molecular formula is C16H24N2O2. The van der Waals surface area contributed by atoms with Crippen molar-refractivity contribution in [1.29, 1.82) is 0 Å². The van der Waals surface area contributed by atoms with E-state index in [4.69, 9.17) is 0 Å². The summed E-state index contributed by atoms with van der Waals surface area (Å²) in [6.45, 7) is 9.64. The Bertz CT molecular complexity index is 487. The summed E-state index contributed by atoms with van der Waals surface area (Å²) in [5.74, 6) is 1.16. The summed E-state index contributed by atoms with van der Waals surface area (Å²) in [5, 5.41) is 3.54. The van der Waals surface area contributed by atoms with Crippen molar-refractivity contribution < 1.29 is 9.32 Å². The van der Waals surface area contributed by atoms with E-state index in [0.717, 1.165) is 17.8 Å². The Morgan fingerprint density at radius 3 is 2.45 bits per heavy atom. The van der Waals surface area contributed by atoms with Crippen molar-refractivity contribution in [2.45, 2.75) is 27.2 Å². The van der Waals surface area contributed by atoms with Crippen LogP contribution in [0.15, 0.2) is 40.8 Å². The monoisotopic (exact) mass is 276 g/mol. The summed E-state index contributed by atoms with van der Waals surface area (Å²) in [7, 11) is 3.80. The molecule has 2 unspecified atom stereocenters. The van der Waals surface area contributed by atoms with E-state index in [-0.39, 0.29) is 5.78 Å². The van der Waals surface area contributed by atoms with Crippen LogP contribution in [0.3, 0.4) is 0 Å². The number of nitrogens with zero attached hydrogens (tertiary/aromatic N) is 2. The van der Waals surface area contributed by atoms with Gasteiger partial charge in [-0.25, -0.2) is 0 Å². The minimum atomic E-state index is 0.129. The van der Waals surface area contributed by atoms with Crippen LogP contribution in [-0.4, -0.2) is 29.9 Å². The second kappa shape index (κ2) is 7.08. The van der Waals surface area contributed by atoms with Gasteiger partial charge in [0.15, 0.2) is 5.78 Å². The highest BCUT2D eigenvalue weighted by atomic mass is 16.5. The highest BCUT2D eigenvalue weighted by molar-refractivity contribution is 5.92. The van der Waals surface area contributed by atoms with Crippen molar-refractivity contribution >= 4 is 5.78 Å². The van der Waals surface area contributed by atoms with Gasteiger partial charge in [0, 0.05) is 33.0 Å². The van der Waals surface area contributed by atoms with Gasteiger partial charge in [-0.3, -0.25) is 4.79 Å². The molecule has 1 aliphatic rings. The summed E-state index contributed by atoms with van der Waals surface area (Å²) in [6.07, 6.45) is 4.73. The van der Waals surface area contributed by atoms with Crippen LogP contribution in [0, 0.1) is 18.8 Å². The molecule has 1 aliphatic carbocycles. The van der Waals surface area contributed by atoms with E-state index in [1.807, 2.05) is 25.9 Å². The number of hydrogen-bond acceptors (Lipinski definition) is 4. The number of aryl methyl sites for hydroxylation is 1. The highest BCUT2D eigenvalue weighted by Crippen LogP contribution is 2.48. The Morgan fingerprint density at radius 2 is 2.20 bits per heavy atom. The van der Waals surface area contributed by atoms with Gasteiger partial charge in [0.25, 0.3) is 0 Å². The van der Waals surface area contributed by atoms with Crippen LogP contribution in [-0.2, 0) is 4.79 Å². The first-order chi connectivity index (χ1) is 9.38. The van der Waals surface area contributed by atoms with Crippen molar-refractivity contribution in [2.24, 2.45) is 11.8 Å². The molecule has 1 fully saturated rings. The molecule has 0 aliphatic heterocycles. The SMILES string of the molecule is C=C1C(/C=C(/C(C)=O)N(C)C)C1CC.Cc1ccon1. The van der Waals surface area contributed by atoms with Gasteiger partial charge in [0.2, 0.25) is 0 Å². The molecule has 4 nitrogen and oxygen atoms in total. The molecule has 20 heavy (non-hydrogen) atoms. The maximum Gasteiger partial charge on any atom is 0.175 e. The molecule has 0 aromatic carbocycles. The number of ketones is 1. The van der Waals surface area contributed by atoms with Crippen LogP contribution >= 0.6 is 0 Å². The average Bonchev–Trinajstić information content (AvgIpc) is 2.73. The lowest BCUT2D eigenvalue weighted by atomic mass is 10.2. The van der Waals surface area contributed by atoms with Gasteiger partial charge in [-0.15, -0.1) is 0 Å². The second-order valence-electron chi connectivity index (χ2n) is 5.26. The van der Waals surface area contributed by atoms with Gasteiger partial charge in [0.05, 0.1) is 11.4 Å². The number of rotatable bonds is 4. The Labute approximate surface area is 121 Å². The van der Waals surface area contributed by atoms with E-state index < -0.39 is 0 Å². The largest absolute Gasteiger partial charge is 0.375 e. The van der Waals surface area contributed by atoms with Gasteiger partial charge in [0.1, 0.15) is 6.26 Å². The minimum Gasteiger partial charge on any atom is -0.375 e. The Kier molecular flexibility index (Phi) is 5.74. The molecule has 0 radical (unpaired) electrons. The van der Waals surface area contributed by atoms with Crippen molar-refractivity contribution in [2.75, 3.05) is 14.1 Å². The minimum absolute atomic E-state index is 0.129. The molecule has 1 aromatic rings. The number of carbonyl (C=O) groups is 1. The van der Waals surface area contributed by atoms with E-state index in [2.05, 4.69) is 29.3 Å². The fourth-order valence-electron chi connectivity index (χ4n) is 2.17. The molecule has 0 N–H and O–H groups in total. The summed E-state index contributed by atoms with van der Waals surface area (Å²) in [5.41, 5.74) is 3.00. The maximum absolute atomic E-state index is 11.3. The zero-order valence-corrected chi connectivity index (χ0v) is 13.0. The summed E-state index contributed by atoms with van der Waals surface area (Å²) < 4.78 is 4.46. The molecule has 2 atom stereocenters. The van der Waals surface area contributed by atoms with Gasteiger partial charge < -0.3 is 9.42 Å². The molecule has 110 valence electrons. The summed E-state index contributed by atoms with van der Waals surface area (Å²) >= 11 is 0. The lowest BCUT2D eigenvalue weighted by Crippen LogP contribution is -2.17. The number of aromatic nitrogens is 1. The lowest BCUT2D eigenvalue weighted by Gasteiger charge is -2.13. The third-order valence-corrected chi connectivity index (χ3v) is 3.42. The smallest absolute Gasteiger partial charge is 0.175 e. The molecule has 1 aromatic heterocycles. The van der Waals surface area contributed by atoms with Gasteiger partial charge in [-0.2, -0.15) is 0 Å². The van der Waals surface area contributed by atoms with Crippen molar-refractivity contribution in [3.05, 3.63) is 41.9 Å². The zero-order valence-electron chi connectivity index (χ0n) is 13.0. The fourth-order valence-corrected chi connectivity index (χ4v) is 2.17. The van der Waals surface area contributed by atoms with Crippen LogP contribution in [0.4, 0.5) is 0 Å². The molecule has 0 spiro atoms. The topological polar surface area (TPSA) is 46.3 Å². The normalized spacial score (nSPS) is 21.1. The van der Waals surface area contributed by atoms with Crippen molar-refractivity contribution in [1.82, 2.24) is 10.1 Å². The fraction of sp³-hybridized carbons (Fsp3) is 0.500. The van der Waals surface area contributed by atoms with Crippen LogP contribution in [0.2, 0.25) is 0 Å². The van der Waals surface area contributed by atoms with E-state index >= 15 is 0 Å². The number of likely N-dealkylation sites (N-methyl/N-ethyl adjacent to an activating group) is 1. The number of hydrogen-bond donors (Lipinski definition) is 0. The molecular weight excluding hydrogens is 252 g/mol. The second-order valence-corrected chi connectivity index (χ2v) is 5.26. The van der Waals surface area contributed by atoms with Crippen LogP contribution < -0.4 is 0 Å². The van der Waals surface area contributed by atoms with E-state index in [0.29, 0.717) is 11.8 Å².